The largest absolute Gasteiger partial charge is 0.481 e. The number of aromatic nitrogens is 2. The van der Waals surface area contributed by atoms with E-state index < -0.39 is 5.97 Å². The van der Waals surface area contributed by atoms with Crippen molar-refractivity contribution in [2.45, 2.75) is 6.54 Å². The smallest absolute Gasteiger partial charge is 0.309 e. The topological polar surface area (TPSA) is 66.3 Å². The Morgan fingerprint density at radius 1 is 1.47 bits per heavy atom. The van der Waals surface area contributed by atoms with Crippen molar-refractivity contribution in [1.82, 2.24) is 14.9 Å². The first kappa shape index (κ1) is 12.3. The van der Waals surface area contributed by atoms with Crippen molar-refractivity contribution in [3.63, 3.8) is 0 Å². The van der Waals surface area contributed by atoms with Crippen LogP contribution >= 0.6 is 11.3 Å². The predicted molar refractivity (Wildman–Crippen MR) is 71.7 cm³/mol. The lowest BCUT2D eigenvalue weighted by Gasteiger charge is -2.35. The number of rotatable bonds is 4. The lowest BCUT2D eigenvalue weighted by molar-refractivity contribution is -0.147. The van der Waals surface area contributed by atoms with Gasteiger partial charge in [0.05, 0.1) is 17.3 Å². The quantitative estimate of drug-likeness (QED) is 0.920. The molecule has 0 aromatic carbocycles. The maximum absolute atomic E-state index is 10.7. The normalized spacial score (nSPS) is 16.2. The molecule has 6 heteroatoms. The number of hydrogen-bond donors (Lipinski definition) is 1. The fraction of sp³-hybridized carbons (Fsp3) is 0.308. The lowest BCUT2D eigenvalue weighted by atomic mass is 10.0. The second-order valence-electron chi connectivity index (χ2n) is 4.59. The van der Waals surface area contributed by atoms with Gasteiger partial charge in [-0.1, -0.05) is 6.07 Å². The Bertz CT molecular complexity index is 579. The lowest BCUT2D eigenvalue weighted by Crippen LogP contribution is -2.49. The first-order chi connectivity index (χ1) is 9.22. The van der Waals surface area contributed by atoms with Gasteiger partial charge in [-0.25, -0.2) is 4.98 Å². The zero-order valence-corrected chi connectivity index (χ0v) is 11.0. The van der Waals surface area contributed by atoms with Gasteiger partial charge in [-0.3, -0.25) is 14.7 Å². The van der Waals surface area contributed by atoms with E-state index in [1.807, 2.05) is 23.6 Å². The molecule has 0 bridgehead atoms. The van der Waals surface area contributed by atoms with Crippen LogP contribution in [0.15, 0.2) is 29.8 Å². The predicted octanol–water partition coefficient (Wildman–Crippen LogP) is 1.72. The minimum Gasteiger partial charge on any atom is -0.481 e. The van der Waals surface area contributed by atoms with Crippen molar-refractivity contribution in [2.75, 3.05) is 13.1 Å². The van der Waals surface area contributed by atoms with Gasteiger partial charge in [0.15, 0.2) is 0 Å². The van der Waals surface area contributed by atoms with E-state index in [1.54, 1.807) is 17.5 Å². The van der Waals surface area contributed by atoms with Crippen LogP contribution in [0.25, 0.3) is 10.7 Å². The van der Waals surface area contributed by atoms with Gasteiger partial charge in [0.25, 0.3) is 0 Å². The van der Waals surface area contributed by atoms with E-state index in [9.17, 15) is 4.79 Å². The third-order valence-corrected chi connectivity index (χ3v) is 4.04. The molecule has 1 fully saturated rings. The molecular weight excluding hydrogens is 262 g/mol. The number of pyridine rings is 1. The third-order valence-electron chi connectivity index (χ3n) is 3.13. The van der Waals surface area contributed by atoms with E-state index in [-0.39, 0.29) is 5.92 Å². The molecule has 0 aliphatic carbocycles. The van der Waals surface area contributed by atoms with E-state index in [2.05, 4.69) is 14.9 Å². The molecule has 3 rings (SSSR count). The zero-order valence-electron chi connectivity index (χ0n) is 10.2. The van der Waals surface area contributed by atoms with Crippen LogP contribution < -0.4 is 0 Å². The molecule has 0 spiro atoms. The number of carboxylic acids is 1. The van der Waals surface area contributed by atoms with Crippen molar-refractivity contribution >= 4 is 17.3 Å². The van der Waals surface area contributed by atoms with Crippen LogP contribution in [-0.4, -0.2) is 39.0 Å². The molecule has 0 saturated carbocycles. The van der Waals surface area contributed by atoms with Gasteiger partial charge in [-0.05, 0) is 12.1 Å². The summed E-state index contributed by atoms with van der Waals surface area (Å²) in [7, 11) is 0. The minimum absolute atomic E-state index is 0.214. The van der Waals surface area contributed by atoms with Gasteiger partial charge in [-0.2, -0.15) is 0 Å². The van der Waals surface area contributed by atoms with Crippen molar-refractivity contribution in [1.29, 1.82) is 0 Å². The highest BCUT2D eigenvalue weighted by Gasteiger charge is 2.32. The first-order valence-corrected chi connectivity index (χ1v) is 6.91. The van der Waals surface area contributed by atoms with Crippen LogP contribution in [0.3, 0.4) is 0 Å². The second kappa shape index (κ2) is 5.07. The summed E-state index contributed by atoms with van der Waals surface area (Å²) in [6.45, 7) is 1.95. The van der Waals surface area contributed by atoms with Crippen LogP contribution in [0, 0.1) is 5.92 Å². The molecule has 3 heterocycles. The molecule has 98 valence electrons. The Hall–Kier alpha value is -1.79. The number of nitrogens with zero attached hydrogens (tertiary/aromatic N) is 3. The average molecular weight is 275 g/mol. The first-order valence-electron chi connectivity index (χ1n) is 6.03. The van der Waals surface area contributed by atoms with Crippen molar-refractivity contribution < 1.29 is 9.90 Å². The minimum atomic E-state index is -0.705. The summed E-state index contributed by atoms with van der Waals surface area (Å²) in [5.74, 6) is -0.919. The molecule has 1 saturated heterocycles. The van der Waals surface area contributed by atoms with Crippen LogP contribution in [-0.2, 0) is 11.3 Å². The number of likely N-dealkylation sites (tertiary alicyclic amines) is 1. The van der Waals surface area contributed by atoms with Crippen molar-refractivity contribution in [3.8, 4) is 10.7 Å². The molecule has 0 radical (unpaired) electrons. The molecule has 0 atom stereocenters. The van der Waals surface area contributed by atoms with Gasteiger partial charge in [-0.15, -0.1) is 11.3 Å². The van der Waals surface area contributed by atoms with Gasteiger partial charge in [0, 0.05) is 31.2 Å². The summed E-state index contributed by atoms with van der Waals surface area (Å²) < 4.78 is 0. The fourth-order valence-electron chi connectivity index (χ4n) is 2.07. The van der Waals surface area contributed by atoms with E-state index >= 15 is 0 Å². The Labute approximate surface area is 114 Å². The maximum Gasteiger partial charge on any atom is 0.309 e. The maximum atomic E-state index is 10.7. The molecular formula is C13H13N3O2S. The number of aliphatic carboxylic acids is 1. The van der Waals surface area contributed by atoms with Gasteiger partial charge in [0.2, 0.25) is 0 Å². The Morgan fingerprint density at radius 2 is 2.32 bits per heavy atom. The van der Waals surface area contributed by atoms with Crippen molar-refractivity contribution in [3.05, 3.63) is 35.5 Å². The third kappa shape index (κ3) is 2.64. The second-order valence-corrected chi connectivity index (χ2v) is 5.45. The number of carbonyl (C=O) groups is 1. The van der Waals surface area contributed by atoms with Crippen LogP contribution in [0.5, 0.6) is 0 Å². The SMILES string of the molecule is O=C(O)C1CN(Cc2csc(-c3ccccn3)n2)C1. The summed E-state index contributed by atoms with van der Waals surface area (Å²) in [6, 6.07) is 5.76. The van der Waals surface area contributed by atoms with Gasteiger partial charge >= 0.3 is 5.97 Å². The highest BCUT2D eigenvalue weighted by Crippen LogP contribution is 2.24. The molecule has 2 aromatic rings. The van der Waals surface area contributed by atoms with E-state index in [1.165, 1.54) is 0 Å². The summed E-state index contributed by atoms with van der Waals surface area (Å²) >= 11 is 1.57. The van der Waals surface area contributed by atoms with E-state index in [0.717, 1.165) is 16.4 Å². The summed E-state index contributed by atoms with van der Waals surface area (Å²) in [5, 5.41) is 11.7. The van der Waals surface area contributed by atoms with Crippen LogP contribution in [0.2, 0.25) is 0 Å². The molecule has 5 nitrogen and oxygen atoms in total. The molecule has 1 aliphatic rings. The monoisotopic (exact) mass is 275 g/mol. The average Bonchev–Trinajstić information content (AvgIpc) is 2.82. The van der Waals surface area contributed by atoms with E-state index in [4.69, 9.17) is 5.11 Å². The molecule has 19 heavy (non-hydrogen) atoms. The zero-order chi connectivity index (χ0) is 13.2. The number of thiazole rings is 1. The molecule has 0 unspecified atom stereocenters. The molecule has 0 amide bonds. The molecule has 1 N–H and O–H groups in total. The molecule has 2 aromatic heterocycles. The Morgan fingerprint density at radius 3 is 3.00 bits per heavy atom. The molecule has 1 aliphatic heterocycles. The van der Waals surface area contributed by atoms with Crippen molar-refractivity contribution in [2.24, 2.45) is 5.92 Å². The van der Waals surface area contributed by atoms with Gasteiger partial charge < -0.3 is 5.11 Å². The van der Waals surface area contributed by atoms with Gasteiger partial charge in [0.1, 0.15) is 5.01 Å². The highest BCUT2D eigenvalue weighted by molar-refractivity contribution is 7.13. The standard InChI is InChI=1S/C13H13N3O2S/c17-13(18)9-5-16(6-9)7-10-8-19-12(15-10)11-3-1-2-4-14-11/h1-4,8-9H,5-7H2,(H,17,18). The fourth-order valence-corrected chi connectivity index (χ4v) is 2.86. The van der Waals surface area contributed by atoms with Crippen LogP contribution in [0.4, 0.5) is 0 Å². The Kier molecular flexibility index (Phi) is 3.27. The summed E-state index contributed by atoms with van der Waals surface area (Å²) in [5.41, 5.74) is 1.86. The number of hydrogen-bond acceptors (Lipinski definition) is 5. The number of carboxylic acid groups (broad SMARTS) is 1. The summed E-state index contributed by atoms with van der Waals surface area (Å²) in [4.78, 5) is 21.6. The van der Waals surface area contributed by atoms with Crippen LogP contribution in [0.1, 0.15) is 5.69 Å². The highest BCUT2D eigenvalue weighted by atomic mass is 32.1. The Balaban J connectivity index is 1.62. The summed E-state index contributed by atoms with van der Waals surface area (Å²) in [6.07, 6.45) is 1.75. The van der Waals surface area contributed by atoms with E-state index in [0.29, 0.717) is 19.6 Å².